The Bertz CT molecular complexity index is 955. The van der Waals surface area contributed by atoms with Gasteiger partial charge in [-0.15, -0.1) is 11.3 Å². The fourth-order valence-electron chi connectivity index (χ4n) is 2.83. The van der Waals surface area contributed by atoms with Gasteiger partial charge in [-0.3, -0.25) is 10.2 Å². The summed E-state index contributed by atoms with van der Waals surface area (Å²) in [5, 5.41) is 6.83. The Morgan fingerprint density at radius 1 is 1.31 bits per heavy atom. The molecule has 0 radical (unpaired) electrons. The maximum absolute atomic E-state index is 11.8. The van der Waals surface area contributed by atoms with Crippen LogP contribution < -0.4 is 10.2 Å². The number of H-pyrrole nitrogens is 1. The maximum Gasteiger partial charge on any atom is 0.203 e. The molecule has 0 saturated heterocycles. The molecule has 0 saturated carbocycles. The zero-order chi connectivity index (χ0) is 18.7. The molecule has 26 heavy (non-hydrogen) atoms. The van der Waals surface area contributed by atoms with Crippen LogP contribution >= 0.6 is 11.3 Å². The van der Waals surface area contributed by atoms with Gasteiger partial charge in [-0.25, -0.2) is 4.98 Å². The van der Waals surface area contributed by atoms with E-state index in [1.54, 1.807) is 20.2 Å². The number of nitrogens with one attached hydrogen (secondary N) is 2. The van der Waals surface area contributed by atoms with E-state index in [4.69, 9.17) is 4.74 Å². The number of aryl methyl sites for hydroxylation is 1. The van der Waals surface area contributed by atoms with E-state index in [1.807, 2.05) is 43.5 Å². The minimum absolute atomic E-state index is 0.0557. The van der Waals surface area contributed by atoms with Gasteiger partial charge < -0.3 is 9.72 Å². The van der Waals surface area contributed by atoms with Crippen LogP contribution in [0.1, 0.15) is 34.1 Å². The number of hydrogen-bond acceptors (Lipinski definition) is 6. The third-order valence-electron chi connectivity index (χ3n) is 4.04. The molecular formula is C19H20N4O2S. The van der Waals surface area contributed by atoms with Crippen molar-refractivity contribution in [1.82, 2.24) is 9.97 Å². The molecule has 3 rings (SSSR count). The molecule has 0 atom stereocenters. The van der Waals surface area contributed by atoms with Crippen molar-refractivity contribution in [3.05, 3.63) is 52.0 Å². The summed E-state index contributed by atoms with van der Waals surface area (Å²) in [6, 6.07) is 7.61. The number of carbonyl (C=O) groups excluding carboxylic acids is 1. The summed E-state index contributed by atoms with van der Waals surface area (Å²) in [7, 11) is 1.64. The summed E-state index contributed by atoms with van der Waals surface area (Å²) >= 11 is 1.46. The topological polar surface area (TPSA) is 79.4 Å². The number of ketones is 1. The first-order chi connectivity index (χ1) is 12.5. The highest BCUT2D eigenvalue weighted by atomic mass is 32.1. The van der Waals surface area contributed by atoms with Crippen molar-refractivity contribution in [3.8, 4) is 17.1 Å². The van der Waals surface area contributed by atoms with Crippen LogP contribution in [0.4, 0.5) is 5.13 Å². The van der Waals surface area contributed by atoms with Gasteiger partial charge >= 0.3 is 0 Å². The predicted molar refractivity (Wildman–Crippen MR) is 106 cm³/mol. The van der Waals surface area contributed by atoms with Gasteiger partial charge in [-0.2, -0.15) is 5.10 Å². The van der Waals surface area contributed by atoms with Gasteiger partial charge in [0.25, 0.3) is 0 Å². The number of thiazole rings is 1. The summed E-state index contributed by atoms with van der Waals surface area (Å²) in [6.45, 7) is 5.41. The first-order valence-corrected chi connectivity index (χ1v) is 8.96. The number of aromatic amines is 1. The molecule has 0 aliphatic heterocycles. The number of anilines is 1. The van der Waals surface area contributed by atoms with Gasteiger partial charge in [0.2, 0.25) is 5.13 Å². The fraction of sp³-hybridized carbons (Fsp3) is 0.211. The lowest BCUT2D eigenvalue weighted by Gasteiger charge is -1.99. The van der Waals surface area contributed by atoms with Crippen LogP contribution in [0.3, 0.4) is 0 Å². The molecule has 2 aromatic heterocycles. The number of rotatable bonds is 6. The average Bonchev–Trinajstić information content (AvgIpc) is 3.19. The van der Waals surface area contributed by atoms with Gasteiger partial charge in [-0.05, 0) is 56.2 Å². The molecule has 0 aliphatic carbocycles. The molecule has 2 N–H and O–H groups in total. The van der Waals surface area contributed by atoms with Crippen LogP contribution in [-0.2, 0) is 0 Å². The molecule has 0 aliphatic rings. The summed E-state index contributed by atoms with van der Waals surface area (Å²) in [6.07, 6.45) is 1.72. The largest absolute Gasteiger partial charge is 0.497 e. The number of methoxy groups -OCH3 is 1. The van der Waals surface area contributed by atoms with E-state index in [0.717, 1.165) is 39.5 Å². The minimum atomic E-state index is 0.0557. The quantitative estimate of drug-likeness (QED) is 0.384. The molecule has 2 heterocycles. The van der Waals surface area contributed by atoms with Gasteiger partial charge in [0.15, 0.2) is 5.78 Å². The SMILES string of the molecule is COc1ccc(/C=N/Nc2nc(-c3[nH]c(C)c(C(C)=O)c3C)cs2)cc1. The molecule has 0 fully saturated rings. The third kappa shape index (κ3) is 3.67. The summed E-state index contributed by atoms with van der Waals surface area (Å²) in [5.74, 6) is 0.862. The van der Waals surface area contributed by atoms with E-state index >= 15 is 0 Å². The van der Waals surface area contributed by atoms with Gasteiger partial charge in [0.05, 0.1) is 19.0 Å². The normalized spacial score (nSPS) is 11.1. The van der Waals surface area contributed by atoms with E-state index < -0.39 is 0 Å². The van der Waals surface area contributed by atoms with E-state index in [-0.39, 0.29) is 5.78 Å². The molecule has 7 heteroatoms. The number of carbonyl (C=O) groups is 1. The molecule has 0 spiro atoms. The van der Waals surface area contributed by atoms with Crippen molar-refractivity contribution in [3.63, 3.8) is 0 Å². The first-order valence-electron chi connectivity index (χ1n) is 8.08. The number of hydrogen-bond donors (Lipinski definition) is 2. The van der Waals surface area contributed by atoms with Crippen molar-refractivity contribution in [2.75, 3.05) is 12.5 Å². The van der Waals surface area contributed by atoms with Crippen LogP contribution in [-0.4, -0.2) is 29.1 Å². The van der Waals surface area contributed by atoms with Crippen LogP contribution in [0.5, 0.6) is 5.75 Å². The summed E-state index contributed by atoms with van der Waals surface area (Å²) in [4.78, 5) is 19.6. The van der Waals surface area contributed by atoms with E-state index in [1.165, 1.54) is 11.3 Å². The fourth-order valence-corrected chi connectivity index (χ4v) is 3.48. The standard InChI is InChI=1S/C19H20N4O2S/c1-11-17(13(3)24)12(2)21-18(11)16-10-26-19(22-16)23-20-9-14-5-7-15(25-4)8-6-14/h5-10,21H,1-4H3,(H,22,23)/b20-9+. The highest BCUT2D eigenvalue weighted by molar-refractivity contribution is 7.14. The lowest BCUT2D eigenvalue weighted by molar-refractivity contribution is 0.101. The highest BCUT2D eigenvalue weighted by Gasteiger charge is 2.17. The molecule has 1 aromatic carbocycles. The number of Topliss-reactive ketones (excluding diaryl/α,β-unsaturated/α-hetero) is 1. The van der Waals surface area contributed by atoms with E-state index in [9.17, 15) is 4.79 Å². The van der Waals surface area contributed by atoms with Crippen molar-refractivity contribution in [2.24, 2.45) is 5.10 Å². The Hall–Kier alpha value is -2.93. The van der Waals surface area contributed by atoms with E-state index in [0.29, 0.717) is 5.13 Å². The van der Waals surface area contributed by atoms with Crippen LogP contribution in [0, 0.1) is 13.8 Å². The second-order valence-corrected chi connectivity index (χ2v) is 6.72. The molecule has 3 aromatic rings. The predicted octanol–water partition coefficient (Wildman–Crippen LogP) is 4.41. The van der Waals surface area contributed by atoms with Gasteiger partial charge in [0, 0.05) is 16.6 Å². The third-order valence-corrected chi connectivity index (χ3v) is 4.79. The number of aromatic nitrogens is 2. The Kier molecular flexibility index (Phi) is 5.18. The molecule has 0 unspecified atom stereocenters. The Balaban J connectivity index is 1.73. The zero-order valence-electron chi connectivity index (χ0n) is 15.1. The Morgan fingerprint density at radius 3 is 2.65 bits per heavy atom. The van der Waals surface area contributed by atoms with Crippen LogP contribution in [0.15, 0.2) is 34.7 Å². The van der Waals surface area contributed by atoms with Gasteiger partial charge in [-0.1, -0.05) is 0 Å². The highest BCUT2D eigenvalue weighted by Crippen LogP contribution is 2.30. The summed E-state index contributed by atoms with van der Waals surface area (Å²) in [5.41, 5.74) is 8.09. The number of nitrogens with zero attached hydrogens (tertiary/aromatic N) is 2. The van der Waals surface area contributed by atoms with Crippen molar-refractivity contribution >= 4 is 28.5 Å². The monoisotopic (exact) mass is 368 g/mol. The summed E-state index contributed by atoms with van der Waals surface area (Å²) < 4.78 is 5.13. The molecule has 134 valence electrons. The van der Waals surface area contributed by atoms with E-state index in [2.05, 4.69) is 20.5 Å². The second kappa shape index (κ2) is 7.53. The zero-order valence-corrected chi connectivity index (χ0v) is 15.9. The number of hydrazone groups is 1. The maximum atomic E-state index is 11.8. The second-order valence-electron chi connectivity index (χ2n) is 5.86. The first kappa shape index (κ1) is 17.9. The molecule has 0 amide bonds. The van der Waals surface area contributed by atoms with Crippen LogP contribution in [0.2, 0.25) is 0 Å². The molecule has 0 bridgehead atoms. The Morgan fingerprint density at radius 2 is 2.04 bits per heavy atom. The smallest absolute Gasteiger partial charge is 0.203 e. The lowest BCUT2D eigenvalue weighted by atomic mass is 10.1. The molecule has 6 nitrogen and oxygen atoms in total. The van der Waals surface area contributed by atoms with Crippen LogP contribution in [0.25, 0.3) is 11.4 Å². The minimum Gasteiger partial charge on any atom is -0.497 e. The van der Waals surface area contributed by atoms with Crippen molar-refractivity contribution in [2.45, 2.75) is 20.8 Å². The van der Waals surface area contributed by atoms with Crippen molar-refractivity contribution < 1.29 is 9.53 Å². The van der Waals surface area contributed by atoms with Crippen molar-refractivity contribution in [1.29, 1.82) is 0 Å². The number of benzene rings is 1. The lowest BCUT2D eigenvalue weighted by Crippen LogP contribution is -1.95. The molecular weight excluding hydrogens is 348 g/mol. The average molecular weight is 368 g/mol. The Labute approximate surface area is 155 Å². The number of ether oxygens (including phenoxy) is 1. The van der Waals surface area contributed by atoms with Gasteiger partial charge in [0.1, 0.15) is 11.4 Å².